The fourth-order valence-corrected chi connectivity index (χ4v) is 3.50. The molecule has 0 radical (unpaired) electrons. The molecule has 2 heterocycles. The first kappa shape index (κ1) is 17.5. The van der Waals surface area contributed by atoms with Gasteiger partial charge in [0.1, 0.15) is 17.1 Å². The van der Waals surface area contributed by atoms with E-state index >= 15 is 0 Å². The van der Waals surface area contributed by atoms with E-state index in [4.69, 9.17) is 4.42 Å². The highest BCUT2D eigenvalue weighted by Gasteiger charge is 2.25. The number of rotatable bonds is 2. The first-order valence-electron chi connectivity index (χ1n) is 8.54. The van der Waals surface area contributed by atoms with Gasteiger partial charge in [-0.15, -0.1) is 0 Å². The van der Waals surface area contributed by atoms with Gasteiger partial charge in [0, 0.05) is 17.0 Å². The van der Waals surface area contributed by atoms with Gasteiger partial charge in [0.15, 0.2) is 0 Å². The van der Waals surface area contributed by atoms with Crippen molar-refractivity contribution in [2.75, 3.05) is 5.32 Å². The standard InChI is InChI=1S/C21H17BrN2O3/c1-12-10-19(25)20(21(26)27-12)18-11-17(13-6-8-14(22)9-7-13)23-15-4-2-3-5-16(15)24-18/h2-10,17,23,25H,11H2,1H3/t17-/m0/s1. The van der Waals surface area contributed by atoms with E-state index in [0.717, 1.165) is 15.7 Å². The molecule has 0 spiro atoms. The first-order valence-corrected chi connectivity index (χ1v) is 9.33. The van der Waals surface area contributed by atoms with E-state index in [0.29, 0.717) is 23.6 Å². The molecule has 1 aromatic heterocycles. The van der Waals surface area contributed by atoms with Gasteiger partial charge in [-0.25, -0.2) is 4.79 Å². The molecule has 0 bridgehead atoms. The van der Waals surface area contributed by atoms with Gasteiger partial charge in [-0.05, 0) is 36.8 Å². The van der Waals surface area contributed by atoms with Gasteiger partial charge in [-0.1, -0.05) is 40.2 Å². The number of hydrogen-bond donors (Lipinski definition) is 2. The Labute approximate surface area is 164 Å². The Morgan fingerprint density at radius 1 is 1.19 bits per heavy atom. The molecule has 5 nitrogen and oxygen atoms in total. The Hall–Kier alpha value is -2.86. The summed E-state index contributed by atoms with van der Waals surface area (Å²) in [6.07, 6.45) is 0.428. The van der Waals surface area contributed by atoms with Crippen LogP contribution < -0.4 is 10.9 Å². The summed E-state index contributed by atoms with van der Waals surface area (Å²) in [6.45, 7) is 1.63. The van der Waals surface area contributed by atoms with Crippen LogP contribution in [-0.2, 0) is 0 Å². The van der Waals surface area contributed by atoms with Crippen LogP contribution in [0.4, 0.5) is 11.4 Å². The van der Waals surface area contributed by atoms with Crippen LogP contribution >= 0.6 is 15.9 Å². The summed E-state index contributed by atoms with van der Waals surface area (Å²) in [6, 6.07) is 17.0. The molecule has 0 aliphatic carbocycles. The molecule has 3 aromatic rings. The maximum atomic E-state index is 12.4. The molecule has 1 atom stereocenters. The lowest BCUT2D eigenvalue weighted by Gasteiger charge is -2.19. The molecular weight excluding hydrogens is 408 g/mol. The normalized spacial score (nSPS) is 16.1. The van der Waals surface area contributed by atoms with Crippen LogP contribution in [0, 0.1) is 6.92 Å². The number of aliphatic imine (C=N–C) groups is 1. The fourth-order valence-electron chi connectivity index (χ4n) is 3.23. The van der Waals surface area contributed by atoms with Crippen molar-refractivity contribution in [3.63, 3.8) is 0 Å². The van der Waals surface area contributed by atoms with Crippen LogP contribution in [0.15, 0.2) is 73.3 Å². The summed E-state index contributed by atoms with van der Waals surface area (Å²) in [5.41, 5.74) is 2.66. The minimum absolute atomic E-state index is 0.111. The Balaban J connectivity index is 1.86. The number of hydrogen-bond acceptors (Lipinski definition) is 5. The van der Waals surface area contributed by atoms with Crippen LogP contribution in [0.25, 0.3) is 0 Å². The molecule has 2 aromatic carbocycles. The number of aromatic hydroxyl groups is 1. The molecule has 27 heavy (non-hydrogen) atoms. The largest absolute Gasteiger partial charge is 0.507 e. The van der Waals surface area contributed by atoms with Gasteiger partial charge in [-0.2, -0.15) is 0 Å². The highest BCUT2D eigenvalue weighted by molar-refractivity contribution is 9.10. The average Bonchev–Trinajstić information content (AvgIpc) is 2.81. The number of aryl methyl sites for hydroxylation is 1. The zero-order chi connectivity index (χ0) is 19.0. The number of nitrogens with zero attached hydrogens (tertiary/aromatic N) is 1. The van der Waals surface area contributed by atoms with E-state index in [1.54, 1.807) is 6.92 Å². The molecule has 1 aliphatic rings. The fraction of sp³-hybridized carbons (Fsp3) is 0.143. The number of halogens is 1. The van der Waals surface area contributed by atoms with Crippen LogP contribution in [0.1, 0.15) is 29.3 Å². The van der Waals surface area contributed by atoms with Gasteiger partial charge >= 0.3 is 5.63 Å². The lowest BCUT2D eigenvalue weighted by atomic mass is 9.97. The lowest BCUT2D eigenvalue weighted by Crippen LogP contribution is -2.19. The SMILES string of the molecule is Cc1cc(O)c(C2=Nc3ccccc3N[C@H](c3ccc(Br)cc3)C2)c(=O)o1. The Kier molecular flexibility index (Phi) is 4.58. The van der Waals surface area contributed by atoms with E-state index in [1.165, 1.54) is 6.07 Å². The molecule has 136 valence electrons. The van der Waals surface area contributed by atoms with E-state index in [1.807, 2.05) is 48.5 Å². The predicted molar refractivity (Wildman–Crippen MR) is 109 cm³/mol. The van der Waals surface area contributed by atoms with E-state index in [9.17, 15) is 9.90 Å². The van der Waals surface area contributed by atoms with Gasteiger partial charge in [0.2, 0.25) is 0 Å². The third-order valence-corrected chi connectivity index (χ3v) is 5.03. The summed E-state index contributed by atoms with van der Waals surface area (Å²) < 4.78 is 6.20. The third-order valence-electron chi connectivity index (χ3n) is 4.50. The van der Waals surface area contributed by atoms with Crippen molar-refractivity contribution in [1.29, 1.82) is 0 Å². The van der Waals surface area contributed by atoms with E-state index in [-0.39, 0.29) is 17.4 Å². The van der Waals surface area contributed by atoms with Crippen LogP contribution in [0.3, 0.4) is 0 Å². The van der Waals surface area contributed by atoms with Crippen molar-refractivity contribution in [3.8, 4) is 5.75 Å². The smallest absolute Gasteiger partial charge is 0.348 e. The van der Waals surface area contributed by atoms with Gasteiger partial charge in [-0.3, -0.25) is 4.99 Å². The summed E-state index contributed by atoms with van der Waals surface area (Å²) >= 11 is 3.45. The van der Waals surface area contributed by atoms with Crippen molar-refractivity contribution in [3.05, 3.63) is 86.4 Å². The zero-order valence-corrected chi connectivity index (χ0v) is 16.2. The summed E-state index contributed by atoms with van der Waals surface area (Å²) in [4.78, 5) is 17.1. The van der Waals surface area contributed by atoms with Gasteiger partial charge < -0.3 is 14.8 Å². The monoisotopic (exact) mass is 424 g/mol. The van der Waals surface area contributed by atoms with Crippen molar-refractivity contribution < 1.29 is 9.52 Å². The highest BCUT2D eigenvalue weighted by atomic mass is 79.9. The predicted octanol–water partition coefficient (Wildman–Crippen LogP) is 5.09. The molecule has 4 rings (SSSR count). The van der Waals surface area contributed by atoms with Crippen LogP contribution in [-0.4, -0.2) is 10.8 Å². The molecule has 0 unspecified atom stereocenters. The second kappa shape index (κ2) is 7.04. The third kappa shape index (κ3) is 3.53. The molecule has 0 amide bonds. The Bertz CT molecular complexity index is 1090. The second-order valence-electron chi connectivity index (χ2n) is 6.43. The summed E-state index contributed by atoms with van der Waals surface area (Å²) in [7, 11) is 0. The molecule has 1 aliphatic heterocycles. The topological polar surface area (TPSA) is 74.8 Å². The second-order valence-corrected chi connectivity index (χ2v) is 7.35. The number of para-hydroxylation sites is 2. The average molecular weight is 425 g/mol. The zero-order valence-electron chi connectivity index (χ0n) is 14.6. The van der Waals surface area contributed by atoms with Crippen molar-refractivity contribution in [2.24, 2.45) is 4.99 Å². The number of nitrogens with one attached hydrogen (secondary N) is 1. The van der Waals surface area contributed by atoms with Crippen molar-refractivity contribution in [1.82, 2.24) is 0 Å². The molecule has 6 heteroatoms. The molecular formula is C21H17BrN2O3. The van der Waals surface area contributed by atoms with Gasteiger partial charge in [0.05, 0.1) is 23.1 Å². The van der Waals surface area contributed by atoms with Crippen molar-refractivity contribution in [2.45, 2.75) is 19.4 Å². The van der Waals surface area contributed by atoms with E-state index < -0.39 is 5.63 Å². The number of anilines is 1. The van der Waals surface area contributed by atoms with E-state index in [2.05, 4.69) is 26.2 Å². The Morgan fingerprint density at radius 2 is 1.93 bits per heavy atom. The summed E-state index contributed by atoms with van der Waals surface area (Å²) in [5.74, 6) is 0.245. The number of benzene rings is 2. The van der Waals surface area contributed by atoms with Gasteiger partial charge in [0.25, 0.3) is 0 Å². The number of fused-ring (bicyclic) bond motifs is 1. The minimum atomic E-state index is -0.583. The van der Waals surface area contributed by atoms with Crippen molar-refractivity contribution >= 4 is 33.0 Å². The molecule has 0 saturated heterocycles. The van der Waals surface area contributed by atoms with Crippen LogP contribution in [0.2, 0.25) is 0 Å². The first-order chi connectivity index (χ1) is 13.0. The minimum Gasteiger partial charge on any atom is -0.507 e. The molecule has 0 saturated carbocycles. The lowest BCUT2D eigenvalue weighted by molar-refractivity contribution is 0.432. The molecule has 2 N–H and O–H groups in total. The van der Waals surface area contributed by atoms with Crippen LogP contribution in [0.5, 0.6) is 5.75 Å². The highest BCUT2D eigenvalue weighted by Crippen LogP contribution is 2.36. The Morgan fingerprint density at radius 3 is 2.67 bits per heavy atom. The maximum Gasteiger partial charge on any atom is 0.348 e. The molecule has 0 fully saturated rings. The summed E-state index contributed by atoms with van der Waals surface area (Å²) in [5, 5.41) is 13.9. The maximum absolute atomic E-state index is 12.4. The quantitative estimate of drug-likeness (QED) is 0.600.